The van der Waals surface area contributed by atoms with Crippen LogP contribution in [0.15, 0.2) is 48.5 Å². The second kappa shape index (κ2) is 23.9. The number of benzene rings is 2. The standard InChI is InChI=1S/C37H57NO6/c1-2-3-4-5-6-7-8-9-10-11-16-23-40-25-27-42-29-30-43-28-26-41-24-17-22-38-37(39)44-31-36-34-20-14-12-18-32(34)33-19-13-15-21-35(33)36/h12-15,18-21,36H,2-11,16-17,22-31H2,1H3,(H,38,39). The van der Waals surface area contributed by atoms with Crippen LogP contribution in [0.25, 0.3) is 11.1 Å². The Kier molecular flexibility index (Phi) is 19.5. The van der Waals surface area contributed by atoms with Gasteiger partial charge in [-0.2, -0.15) is 0 Å². The number of carbonyl (C=O) groups excluding carboxylic acids is 1. The fourth-order valence-corrected chi connectivity index (χ4v) is 5.64. The highest BCUT2D eigenvalue weighted by atomic mass is 16.6. The van der Waals surface area contributed by atoms with Gasteiger partial charge in [-0.3, -0.25) is 0 Å². The van der Waals surface area contributed by atoms with Crippen molar-refractivity contribution < 1.29 is 28.5 Å². The highest BCUT2D eigenvalue weighted by Gasteiger charge is 2.28. The Balaban J connectivity index is 1.02. The molecule has 7 nitrogen and oxygen atoms in total. The predicted molar refractivity (Wildman–Crippen MR) is 177 cm³/mol. The molecule has 2 aromatic carbocycles. The van der Waals surface area contributed by atoms with Gasteiger partial charge in [-0.15, -0.1) is 0 Å². The lowest BCUT2D eigenvalue weighted by molar-refractivity contribution is -0.00231. The molecule has 0 radical (unpaired) electrons. The lowest BCUT2D eigenvalue weighted by atomic mass is 9.98. The number of carbonyl (C=O) groups is 1. The number of rotatable bonds is 27. The molecule has 0 saturated heterocycles. The van der Waals surface area contributed by atoms with Gasteiger partial charge in [-0.05, 0) is 35.1 Å². The summed E-state index contributed by atoms with van der Waals surface area (Å²) < 4.78 is 27.9. The molecule has 0 aliphatic heterocycles. The Morgan fingerprint density at radius 3 is 1.52 bits per heavy atom. The second-order valence-electron chi connectivity index (χ2n) is 11.6. The SMILES string of the molecule is CCCCCCCCCCCCCOCCOCCOCCOCCCNC(=O)OCC1c2ccccc2-c2ccccc21. The number of hydrogen-bond acceptors (Lipinski definition) is 6. The average Bonchev–Trinajstić information content (AvgIpc) is 3.37. The molecule has 0 spiro atoms. The van der Waals surface area contributed by atoms with Crippen LogP contribution in [0.5, 0.6) is 0 Å². The van der Waals surface area contributed by atoms with E-state index in [1.54, 1.807) is 0 Å². The van der Waals surface area contributed by atoms with E-state index in [4.69, 9.17) is 23.7 Å². The number of nitrogens with one attached hydrogen (secondary N) is 1. The van der Waals surface area contributed by atoms with Crippen molar-refractivity contribution in [2.45, 2.75) is 89.9 Å². The van der Waals surface area contributed by atoms with Crippen LogP contribution in [-0.4, -0.2) is 72.1 Å². The quantitative estimate of drug-likeness (QED) is 0.102. The zero-order chi connectivity index (χ0) is 30.9. The molecule has 7 heteroatoms. The van der Waals surface area contributed by atoms with E-state index < -0.39 is 6.09 Å². The minimum atomic E-state index is -0.394. The lowest BCUT2D eigenvalue weighted by Crippen LogP contribution is -2.27. The lowest BCUT2D eigenvalue weighted by Gasteiger charge is -2.14. The molecule has 0 aromatic heterocycles. The van der Waals surface area contributed by atoms with Crippen molar-refractivity contribution in [1.29, 1.82) is 0 Å². The van der Waals surface area contributed by atoms with Crippen molar-refractivity contribution in [1.82, 2.24) is 5.32 Å². The summed E-state index contributed by atoms with van der Waals surface area (Å²) in [7, 11) is 0. The largest absolute Gasteiger partial charge is 0.449 e. The molecule has 1 aliphatic carbocycles. The van der Waals surface area contributed by atoms with Crippen molar-refractivity contribution in [3.63, 3.8) is 0 Å². The van der Waals surface area contributed by atoms with Gasteiger partial charge in [0.2, 0.25) is 0 Å². The molecule has 2 aromatic rings. The van der Waals surface area contributed by atoms with E-state index in [-0.39, 0.29) is 5.92 Å². The van der Waals surface area contributed by atoms with Crippen LogP contribution >= 0.6 is 0 Å². The van der Waals surface area contributed by atoms with E-state index in [1.165, 1.54) is 86.5 Å². The van der Waals surface area contributed by atoms with E-state index in [0.717, 1.165) is 13.0 Å². The predicted octanol–water partition coefficient (Wildman–Crippen LogP) is 8.29. The Morgan fingerprint density at radius 2 is 1.00 bits per heavy atom. The van der Waals surface area contributed by atoms with E-state index in [2.05, 4.69) is 36.5 Å². The molecule has 0 heterocycles. The number of fused-ring (bicyclic) bond motifs is 3. The molecule has 1 N–H and O–H groups in total. The fraction of sp³-hybridized carbons (Fsp3) is 0.649. The zero-order valence-electron chi connectivity index (χ0n) is 27.2. The molecule has 0 atom stereocenters. The van der Waals surface area contributed by atoms with E-state index in [1.807, 2.05) is 24.3 Å². The van der Waals surface area contributed by atoms with Crippen molar-refractivity contribution >= 4 is 6.09 Å². The zero-order valence-corrected chi connectivity index (χ0v) is 27.2. The Bertz CT molecular complexity index is 969. The summed E-state index contributed by atoms with van der Waals surface area (Å²) >= 11 is 0. The third kappa shape index (κ3) is 14.6. The van der Waals surface area contributed by atoms with Gasteiger partial charge >= 0.3 is 6.09 Å². The third-order valence-electron chi connectivity index (χ3n) is 8.09. The van der Waals surface area contributed by atoms with Crippen molar-refractivity contribution in [2.75, 3.05) is 66.0 Å². The molecular weight excluding hydrogens is 554 g/mol. The van der Waals surface area contributed by atoms with Gasteiger partial charge in [0.05, 0.1) is 39.6 Å². The molecule has 3 rings (SSSR count). The molecular formula is C37H57NO6. The number of hydrogen-bond donors (Lipinski definition) is 1. The summed E-state index contributed by atoms with van der Waals surface area (Å²) in [5.74, 6) is 0.0688. The van der Waals surface area contributed by atoms with Crippen LogP contribution in [0.1, 0.15) is 101 Å². The number of amides is 1. The summed E-state index contributed by atoms with van der Waals surface area (Å²) in [5, 5.41) is 2.82. The second-order valence-corrected chi connectivity index (χ2v) is 11.6. The summed E-state index contributed by atoms with van der Waals surface area (Å²) in [6, 6.07) is 16.7. The first kappa shape index (κ1) is 36.0. The molecule has 0 bridgehead atoms. The molecule has 44 heavy (non-hydrogen) atoms. The Hall–Kier alpha value is -2.45. The molecule has 1 amide bonds. The highest BCUT2D eigenvalue weighted by molar-refractivity contribution is 5.79. The summed E-state index contributed by atoms with van der Waals surface area (Å²) in [5.41, 5.74) is 4.87. The maximum atomic E-state index is 12.2. The topological polar surface area (TPSA) is 75.3 Å². The van der Waals surface area contributed by atoms with Crippen LogP contribution in [0.3, 0.4) is 0 Å². The van der Waals surface area contributed by atoms with E-state index in [0.29, 0.717) is 65.8 Å². The maximum Gasteiger partial charge on any atom is 0.407 e. The average molecular weight is 612 g/mol. The van der Waals surface area contributed by atoms with E-state index >= 15 is 0 Å². The molecule has 1 aliphatic rings. The summed E-state index contributed by atoms with van der Waals surface area (Å²) in [4.78, 5) is 12.2. The van der Waals surface area contributed by atoms with Gasteiger partial charge < -0.3 is 29.0 Å². The van der Waals surface area contributed by atoms with Gasteiger partial charge in [-0.25, -0.2) is 4.79 Å². The normalized spacial score (nSPS) is 12.3. The van der Waals surface area contributed by atoms with Gasteiger partial charge in [0, 0.05) is 25.7 Å². The molecule has 0 unspecified atom stereocenters. The van der Waals surface area contributed by atoms with Crippen molar-refractivity contribution in [3.05, 3.63) is 59.7 Å². The van der Waals surface area contributed by atoms with Crippen molar-refractivity contribution in [2.24, 2.45) is 0 Å². The van der Waals surface area contributed by atoms with Crippen LogP contribution in [0.2, 0.25) is 0 Å². The monoisotopic (exact) mass is 611 g/mol. The first-order valence-electron chi connectivity index (χ1n) is 17.2. The number of ether oxygens (including phenoxy) is 5. The summed E-state index contributed by atoms with van der Waals surface area (Å²) in [6.45, 7) is 7.89. The van der Waals surface area contributed by atoms with Crippen LogP contribution in [0.4, 0.5) is 4.79 Å². The number of alkyl carbamates (subject to hydrolysis) is 1. The van der Waals surface area contributed by atoms with Gasteiger partial charge in [0.15, 0.2) is 0 Å². The molecule has 0 fully saturated rings. The maximum absolute atomic E-state index is 12.2. The first-order valence-corrected chi connectivity index (χ1v) is 17.2. The first-order chi connectivity index (χ1) is 21.8. The highest BCUT2D eigenvalue weighted by Crippen LogP contribution is 2.44. The van der Waals surface area contributed by atoms with Gasteiger partial charge in [0.1, 0.15) is 6.61 Å². The van der Waals surface area contributed by atoms with E-state index in [9.17, 15) is 4.79 Å². The molecule has 0 saturated carbocycles. The van der Waals surface area contributed by atoms with Crippen LogP contribution < -0.4 is 5.32 Å². The Labute approximate surface area is 266 Å². The van der Waals surface area contributed by atoms with Gasteiger partial charge in [0.25, 0.3) is 0 Å². The Morgan fingerprint density at radius 1 is 0.568 bits per heavy atom. The number of unbranched alkanes of at least 4 members (excludes halogenated alkanes) is 10. The van der Waals surface area contributed by atoms with Crippen molar-refractivity contribution in [3.8, 4) is 11.1 Å². The minimum Gasteiger partial charge on any atom is -0.449 e. The third-order valence-corrected chi connectivity index (χ3v) is 8.09. The minimum absolute atomic E-state index is 0.0688. The van der Waals surface area contributed by atoms with Crippen LogP contribution in [-0.2, 0) is 23.7 Å². The molecule has 246 valence electrons. The van der Waals surface area contributed by atoms with Gasteiger partial charge in [-0.1, -0.05) is 120 Å². The fourth-order valence-electron chi connectivity index (χ4n) is 5.64. The summed E-state index contributed by atoms with van der Waals surface area (Å²) in [6.07, 6.45) is 15.2. The van der Waals surface area contributed by atoms with Crippen LogP contribution in [0, 0.1) is 0 Å². The smallest absolute Gasteiger partial charge is 0.407 e.